The molecule has 0 saturated carbocycles. The maximum atomic E-state index is 13.7. The van der Waals surface area contributed by atoms with E-state index < -0.39 is 16.4 Å². The second-order valence-corrected chi connectivity index (χ2v) is 5.81. The van der Waals surface area contributed by atoms with Gasteiger partial charge in [-0.3, -0.25) is 10.1 Å². The molecule has 0 spiro atoms. The number of nitro groups is 1. The third-order valence-electron chi connectivity index (χ3n) is 3.17. The summed E-state index contributed by atoms with van der Waals surface area (Å²) in [5.41, 5.74) is 1.21. The van der Waals surface area contributed by atoms with Crippen LogP contribution < -0.4 is 5.32 Å². The lowest BCUT2D eigenvalue weighted by Crippen LogP contribution is -2.13. The number of nitro benzene ring substituents is 1. The summed E-state index contributed by atoms with van der Waals surface area (Å²) < 4.78 is 13.7. The van der Waals surface area contributed by atoms with Gasteiger partial charge in [-0.15, -0.1) is 0 Å². The van der Waals surface area contributed by atoms with E-state index in [0.29, 0.717) is 0 Å². The minimum Gasteiger partial charge on any atom is -0.350 e. The van der Waals surface area contributed by atoms with Crippen LogP contribution in [0.15, 0.2) is 42.5 Å². The molecular formula is C16H17FN2O2. The molecule has 0 aliphatic heterocycles. The highest BCUT2D eigenvalue weighted by Crippen LogP contribution is 2.35. The lowest BCUT2D eigenvalue weighted by atomic mass is 9.86. The van der Waals surface area contributed by atoms with Gasteiger partial charge in [-0.25, -0.2) is 0 Å². The van der Waals surface area contributed by atoms with Crippen molar-refractivity contribution in [2.24, 2.45) is 0 Å². The molecule has 1 N–H and O–H groups in total. The van der Waals surface area contributed by atoms with E-state index in [1.165, 1.54) is 12.1 Å². The van der Waals surface area contributed by atoms with Gasteiger partial charge in [0.2, 0.25) is 5.82 Å². The van der Waals surface area contributed by atoms with E-state index in [-0.39, 0.29) is 11.1 Å². The summed E-state index contributed by atoms with van der Waals surface area (Å²) in [6.45, 7) is 6.15. The Kier molecular flexibility index (Phi) is 3.93. The number of benzene rings is 2. The SMILES string of the molecule is CC(C)(C)c1ccccc1Nc1cccc(F)c1[N+](=O)[O-]. The average Bonchev–Trinajstić information content (AvgIpc) is 2.37. The Balaban J connectivity index is 2.50. The van der Waals surface area contributed by atoms with Crippen molar-refractivity contribution in [1.82, 2.24) is 0 Å². The van der Waals surface area contributed by atoms with Crippen molar-refractivity contribution >= 4 is 17.1 Å². The lowest BCUT2D eigenvalue weighted by Gasteiger charge is -2.23. The largest absolute Gasteiger partial charge is 0.350 e. The van der Waals surface area contributed by atoms with Gasteiger partial charge < -0.3 is 5.32 Å². The Hall–Kier alpha value is -2.43. The highest BCUT2D eigenvalue weighted by molar-refractivity contribution is 5.72. The molecule has 4 nitrogen and oxygen atoms in total. The van der Waals surface area contributed by atoms with Crippen LogP contribution in [0.5, 0.6) is 0 Å². The minimum atomic E-state index is -0.849. The third kappa shape index (κ3) is 3.18. The topological polar surface area (TPSA) is 55.2 Å². The maximum absolute atomic E-state index is 13.7. The fourth-order valence-electron chi connectivity index (χ4n) is 2.19. The zero-order valence-electron chi connectivity index (χ0n) is 12.2. The average molecular weight is 288 g/mol. The molecule has 0 radical (unpaired) electrons. The van der Waals surface area contributed by atoms with Crippen LogP contribution in [0.1, 0.15) is 26.3 Å². The standard InChI is InChI=1S/C16H17FN2O2/c1-16(2,3)11-7-4-5-9-13(11)18-14-10-6-8-12(17)15(14)19(20)21/h4-10,18H,1-3H3. The number of anilines is 2. The van der Waals surface area contributed by atoms with Gasteiger partial charge in [0.05, 0.1) is 4.92 Å². The van der Waals surface area contributed by atoms with Crippen molar-refractivity contribution in [1.29, 1.82) is 0 Å². The highest BCUT2D eigenvalue weighted by Gasteiger charge is 2.22. The summed E-state index contributed by atoms with van der Waals surface area (Å²) in [5, 5.41) is 14.0. The van der Waals surface area contributed by atoms with Crippen LogP contribution in [0.2, 0.25) is 0 Å². The fourth-order valence-corrected chi connectivity index (χ4v) is 2.19. The van der Waals surface area contributed by atoms with Crippen LogP contribution in [-0.4, -0.2) is 4.92 Å². The molecule has 0 aliphatic rings. The second-order valence-electron chi connectivity index (χ2n) is 5.81. The van der Waals surface area contributed by atoms with Crippen molar-refractivity contribution in [3.8, 4) is 0 Å². The monoisotopic (exact) mass is 288 g/mol. The number of para-hydroxylation sites is 2. The molecule has 5 heteroatoms. The fraction of sp³-hybridized carbons (Fsp3) is 0.250. The molecule has 0 fully saturated rings. The van der Waals surface area contributed by atoms with Gasteiger partial charge in [-0.1, -0.05) is 45.0 Å². The van der Waals surface area contributed by atoms with E-state index in [9.17, 15) is 14.5 Å². The van der Waals surface area contributed by atoms with E-state index in [2.05, 4.69) is 5.32 Å². The lowest BCUT2D eigenvalue weighted by molar-refractivity contribution is -0.386. The number of hydrogen-bond acceptors (Lipinski definition) is 3. The number of halogens is 1. The van der Waals surface area contributed by atoms with Crippen LogP contribution in [0.25, 0.3) is 0 Å². The summed E-state index contributed by atoms with van der Waals surface area (Å²) in [6.07, 6.45) is 0. The van der Waals surface area contributed by atoms with Crippen LogP contribution >= 0.6 is 0 Å². The maximum Gasteiger partial charge on any atom is 0.327 e. The smallest absolute Gasteiger partial charge is 0.327 e. The number of rotatable bonds is 3. The minimum absolute atomic E-state index is 0.133. The van der Waals surface area contributed by atoms with Gasteiger partial charge >= 0.3 is 5.69 Å². The molecular weight excluding hydrogens is 271 g/mol. The Bertz CT molecular complexity index is 678. The van der Waals surface area contributed by atoms with Gasteiger partial charge in [-0.2, -0.15) is 4.39 Å². The summed E-state index contributed by atoms with van der Waals surface area (Å²) >= 11 is 0. The van der Waals surface area contributed by atoms with Crippen LogP contribution in [-0.2, 0) is 5.41 Å². The van der Waals surface area contributed by atoms with E-state index in [0.717, 1.165) is 17.3 Å². The molecule has 110 valence electrons. The molecule has 2 aromatic rings. The van der Waals surface area contributed by atoms with Crippen LogP contribution in [0.4, 0.5) is 21.5 Å². The van der Waals surface area contributed by atoms with Crippen molar-refractivity contribution in [3.63, 3.8) is 0 Å². The molecule has 2 aromatic carbocycles. The van der Waals surface area contributed by atoms with Crippen molar-refractivity contribution in [3.05, 3.63) is 64.0 Å². The van der Waals surface area contributed by atoms with Crippen molar-refractivity contribution < 1.29 is 9.31 Å². The van der Waals surface area contributed by atoms with E-state index in [1.54, 1.807) is 0 Å². The Morgan fingerprint density at radius 1 is 1.05 bits per heavy atom. The first kappa shape index (κ1) is 15.0. The molecule has 0 aliphatic carbocycles. The first-order valence-corrected chi connectivity index (χ1v) is 6.60. The predicted molar refractivity (Wildman–Crippen MR) is 81.5 cm³/mol. The zero-order chi connectivity index (χ0) is 15.6. The molecule has 21 heavy (non-hydrogen) atoms. The molecule has 2 rings (SSSR count). The Labute approximate surface area is 122 Å². The van der Waals surface area contributed by atoms with Crippen LogP contribution in [0, 0.1) is 15.9 Å². The van der Waals surface area contributed by atoms with Gasteiger partial charge in [0, 0.05) is 5.69 Å². The molecule has 0 bridgehead atoms. The summed E-state index contributed by atoms with van der Waals surface area (Å²) in [6, 6.07) is 11.6. The van der Waals surface area contributed by atoms with Gasteiger partial charge in [0.1, 0.15) is 5.69 Å². The Morgan fingerprint density at radius 3 is 2.29 bits per heavy atom. The van der Waals surface area contributed by atoms with Gasteiger partial charge in [0.25, 0.3) is 0 Å². The first-order chi connectivity index (χ1) is 9.80. The van der Waals surface area contributed by atoms with Crippen LogP contribution in [0.3, 0.4) is 0 Å². The van der Waals surface area contributed by atoms with Gasteiger partial charge in [-0.05, 0) is 29.2 Å². The first-order valence-electron chi connectivity index (χ1n) is 6.60. The van der Waals surface area contributed by atoms with Crippen molar-refractivity contribution in [2.45, 2.75) is 26.2 Å². The van der Waals surface area contributed by atoms with E-state index >= 15 is 0 Å². The third-order valence-corrected chi connectivity index (χ3v) is 3.17. The molecule has 0 atom stereocenters. The highest BCUT2D eigenvalue weighted by atomic mass is 19.1. The summed E-state index contributed by atoms with van der Waals surface area (Å²) in [7, 11) is 0. The van der Waals surface area contributed by atoms with E-state index in [1.807, 2.05) is 45.0 Å². The molecule has 0 amide bonds. The molecule has 0 saturated heterocycles. The zero-order valence-corrected chi connectivity index (χ0v) is 12.2. The van der Waals surface area contributed by atoms with E-state index in [4.69, 9.17) is 0 Å². The predicted octanol–water partition coefficient (Wildman–Crippen LogP) is 4.78. The quantitative estimate of drug-likeness (QED) is 0.653. The number of nitrogens with one attached hydrogen (secondary N) is 1. The number of hydrogen-bond donors (Lipinski definition) is 1. The normalized spacial score (nSPS) is 11.2. The molecule has 0 heterocycles. The molecule has 0 unspecified atom stereocenters. The number of nitrogens with zero attached hydrogens (tertiary/aromatic N) is 1. The van der Waals surface area contributed by atoms with Crippen molar-refractivity contribution in [2.75, 3.05) is 5.32 Å². The second kappa shape index (κ2) is 5.52. The molecule has 0 aromatic heterocycles. The summed E-state index contributed by atoms with van der Waals surface area (Å²) in [5.74, 6) is -0.849. The van der Waals surface area contributed by atoms with Gasteiger partial charge in [0.15, 0.2) is 0 Å². The summed E-state index contributed by atoms with van der Waals surface area (Å²) in [4.78, 5) is 10.3. The Morgan fingerprint density at radius 2 is 1.67 bits per heavy atom.